The summed E-state index contributed by atoms with van der Waals surface area (Å²) in [5.74, 6) is 0.00121. The molecular formula is C30H25F3N4O2S. The van der Waals surface area contributed by atoms with Crippen molar-refractivity contribution >= 4 is 23.2 Å². The van der Waals surface area contributed by atoms with Crippen molar-refractivity contribution in [1.29, 1.82) is 5.26 Å². The van der Waals surface area contributed by atoms with Crippen molar-refractivity contribution in [2.45, 2.75) is 42.1 Å². The number of ketones is 1. The summed E-state index contributed by atoms with van der Waals surface area (Å²) in [6, 6.07) is 18.2. The van der Waals surface area contributed by atoms with E-state index < -0.39 is 17.7 Å². The van der Waals surface area contributed by atoms with Gasteiger partial charge in [0.1, 0.15) is 11.6 Å². The molecule has 1 aromatic heterocycles. The Kier molecular flexibility index (Phi) is 7.59. The van der Waals surface area contributed by atoms with Gasteiger partial charge in [-0.15, -0.1) is 11.8 Å². The van der Waals surface area contributed by atoms with Crippen molar-refractivity contribution < 1.29 is 22.7 Å². The molecule has 2 heterocycles. The first-order valence-corrected chi connectivity index (χ1v) is 13.6. The molecule has 2 aromatic carbocycles. The highest BCUT2D eigenvalue weighted by atomic mass is 32.2. The van der Waals surface area contributed by atoms with Gasteiger partial charge in [0.15, 0.2) is 5.78 Å². The molecule has 0 fully saturated rings. The molecule has 3 aromatic rings. The molecule has 10 heteroatoms. The van der Waals surface area contributed by atoms with Crippen molar-refractivity contribution in [1.82, 2.24) is 4.98 Å². The average Bonchev–Trinajstić information content (AvgIpc) is 2.95. The van der Waals surface area contributed by atoms with Crippen LogP contribution in [0.2, 0.25) is 0 Å². The zero-order chi connectivity index (χ0) is 28.4. The fourth-order valence-corrected chi connectivity index (χ4v) is 6.12. The SMILES string of the molecule is COc1ccc([C@@H]2C(C#N)=C(N)N(c3ccccc3C(F)(F)F)C3=C2C(=O)CCC3)cc1CSc1ccccn1. The largest absolute Gasteiger partial charge is 0.496 e. The van der Waals surface area contributed by atoms with Gasteiger partial charge in [-0.05, 0) is 48.7 Å². The molecule has 1 aliphatic carbocycles. The minimum Gasteiger partial charge on any atom is -0.496 e. The highest BCUT2D eigenvalue weighted by Gasteiger charge is 2.43. The molecular weight excluding hydrogens is 537 g/mol. The molecule has 0 saturated heterocycles. The van der Waals surface area contributed by atoms with Gasteiger partial charge in [-0.2, -0.15) is 18.4 Å². The Morgan fingerprint density at radius 2 is 1.93 bits per heavy atom. The quantitative estimate of drug-likeness (QED) is 0.334. The summed E-state index contributed by atoms with van der Waals surface area (Å²) in [7, 11) is 1.56. The summed E-state index contributed by atoms with van der Waals surface area (Å²) in [5.41, 5.74) is 7.62. The summed E-state index contributed by atoms with van der Waals surface area (Å²) in [6.07, 6.45) is -1.89. The maximum absolute atomic E-state index is 14.0. The van der Waals surface area contributed by atoms with Crippen LogP contribution in [0.5, 0.6) is 5.75 Å². The third-order valence-electron chi connectivity index (χ3n) is 7.01. The van der Waals surface area contributed by atoms with Crippen molar-refractivity contribution in [3.05, 3.63) is 106 Å². The number of nitrogens with two attached hydrogens (primary N) is 1. The van der Waals surface area contributed by atoms with Crippen LogP contribution in [0, 0.1) is 11.3 Å². The van der Waals surface area contributed by atoms with Crippen molar-refractivity contribution in [2.24, 2.45) is 5.73 Å². The van der Waals surface area contributed by atoms with Gasteiger partial charge in [0.2, 0.25) is 0 Å². The van der Waals surface area contributed by atoms with Crippen molar-refractivity contribution in [3.8, 4) is 11.8 Å². The number of alkyl halides is 3. The van der Waals surface area contributed by atoms with Gasteiger partial charge in [0.25, 0.3) is 0 Å². The van der Waals surface area contributed by atoms with E-state index >= 15 is 0 Å². The highest BCUT2D eigenvalue weighted by Crippen LogP contribution is 2.49. The predicted molar refractivity (Wildman–Crippen MR) is 146 cm³/mol. The number of allylic oxidation sites excluding steroid dienone is 3. The number of rotatable bonds is 6. The number of thioether (sulfide) groups is 1. The van der Waals surface area contributed by atoms with Gasteiger partial charge in [0, 0.05) is 35.2 Å². The maximum Gasteiger partial charge on any atom is 0.418 e. The van der Waals surface area contributed by atoms with Crippen LogP contribution in [-0.2, 0) is 16.7 Å². The van der Waals surface area contributed by atoms with Gasteiger partial charge in [-0.3, -0.25) is 9.69 Å². The van der Waals surface area contributed by atoms with E-state index in [2.05, 4.69) is 11.1 Å². The minimum atomic E-state index is -4.66. The Hall–Kier alpha value is -4.23. The van der Waals surface area contributed by atoms with Gasteiger partial charge in [-0.1, -0.05) is 30.3 Å². The monoisotopic (exact) mass is 562 g/mol. The number of halogens is 3. The summed E-state index contributed by atoms with van der Waals surface area (Å²) in [6.45, 7) is 0. The van der Waals surface area contributed by atoms with E-state index in [1.165, 1.54) is 34.9 Å². The number of hydrogen-bond donors (Lipinski definition) is 1. The first-order valence-electron chi connectivity index (χ1n) is 12.6. The molecule has 0 saturated carbocycles. The van der Waals surface area contributed by atoms with Crippen LogP contribution in [0.25, 0.3) is 0 Å². The lowest BCUT2D eigenvalue weighted by Gasteiger charge is -2.40. The normalized spacial score (nSPS) is 17.5. The van der Waals surface area contributed by atoms with Crippen LogP contribution in [0.1, 0.15) is 41.9 Å². The lowest BCUT2D eigenvalue weighted by molar-refractivity contribution is -0.137. The Morgan fingerprint density at radius 3 is 2.62 bits per heavy atom. The molecule has 5 rings (SSSR count). The molecule has 0 bridgehead atoms. The number of carbonyl (C=O) groups excluding carboxylic acids is 1. The number of methoxy groups -OCH3 is 1. The van der Waals surface area contributed by atoms with Crippen molar-refractivity contribution in [2.75, 3.05) is 12.0 Å². The molecule has 204 valence electrons. The Labute approximate surface area is 234 Å². The first kappa shape index (κ1) is 27.3. The second-order valence-electron chi connectivity index (χ2n) is 9.36. The van der Waals surface area contributed by atoms with Gasteiger partial charge in [0.05, 0.1) is 40.9 Å². The summed E-state index contributed by atoms with van der Waals surface area (Å²) in [4.78, 5) is 19.0. The second kappa shape index (κ2) is 11.1. The van der Waals surface area contributed by atoms with Gasteiger partial charge in [-0.25, -0.2) is 4.98 Å². The maximum atomic E-state index is 14.0. The Balaban J connectivity index is 1.65. The first-order chi connectivity index (χ1) is 19.2. The van der Waals surface area contributed by atoms with Crippen LogP contribution in [0.3, 0.4) is 0 Å². The molecule has 0 radical (unpaired) electrons. The summed E-state index contributed by atoms with van der Waals surface area (Å²) < 4.78 is 47.6. The smallest absolute Gasteiger partial charge is 0.418 e. The molecule has 6 nitrogen and oxygen atoms in total. The average molecular weight is 563 g/mol. The Bertz CT molecular complexity index is 1560. The predicted octanol–water partition coefficient (Wildman–Crippen LogP) is 6.71. The topological polar surface area (TPSA) is 92.2 Å². The number of para-hydroxylation sites is 1. The number of Topliss-reactive ketones (excluding diaryl/α,β-unsaturated/α-hetero) is 1. The van der Waals surface area contributed by atoms with E-state index in [0.29, 0.717) is 41.2 Å². The molecule has 1 atom stereocenters. The summed E-state index contributed by atoms with van der Waals surface area (Å²) >= 11 is 1.50. The van der Waals surface area contributed by atoms with E-state index in [9.17, 15) is 23.2 Å². The number of nitrogens with zero attached hydrogens (tertiary/aromatic N) is 3. The number of benzene rings is 2. The number of pyridine rings is 1. The molecule has 40 heavy (non-hydrogen) atoms. The van der Waals surface area contributed by atoms with Crippen LogP contribution in [0.4, 0.5) is 18.9 Å². The number of anilines is 1. The zero-order valence-electron chi connectivity index (χ0n) is 21.5. The number of aromatic nitrogens is 1. The van der Waals surface area contributed by atoms with Crippen molar-refractivity contribution in [3.63, 3.8) is 0 Å². The molecule has 2 aliphatic rings. The van der Waals surface area contributed by atoms with Crippen LogP contribution in [-0.4, -0.2) is 17.9 Å². The van der Waals surface area contributed by atoms with E-state index in [0.717, 1.165) is 16.7 Å². The zero-order valence-corrected chi connectivity index (χ0v) is 22.4. The number of hydrogen-bond acceptors (Lipinski definition) is 7. The molecule has 0 unspecified atom stereocenters. The highest BCUT2D eigenvalue weighted by molar-refractivity contribution is 7.98. The van der Waals surface area contributed by atoms with E-state index in [1.54, 1.807) is 25.4 Å². The van der Waals surface area contributed by atoms with E-state index in [4.69, 9.17) is 10.5 Å². The third kappa shape index (κ3) is 5.05. The van der Waals surface area contributed by atoms with E-state index in [-0.39, 0.29) is 29.3 Å². The molecule has 1 aliphatic heterocycles. The Morgan fingerprint density at radius 1 is 1.15 bits per heavy atom. The summed E-state index contributed by atoms with van der Waals surface area (Å²) in [5, 5.41) is 11.1. The molecule has 0 spiro atoms. The van der Waals surface area contributed by atoms with Crippen LogP contribution < -0.4 is 15.4 Å². The molecule has 2 N–H and O–H groups in total. The molecule has 0 amide bonds. The fourth-order valence-electron chi connectivity index (χ4n) is 5.28. The van der Waals surface area contributed by atoms with E-state index in [1.807, 2.05) is 24.3 Å². The standard InChI is InChI=1S/C30H25F3N4O2S/c1-39-25-13-12-18(15-19(25)17-40-26-11-4-5-14-36-26)27-20(16-34)29(35)37(23-9-6-10-24(38)28(23)27)22-8-3-2-7-21(22)30(31,32)33/h2-5,7-8,11-15,27H,6,9-10,17,35H2,1H3/t27-/m1/s1. The fraction of sp³-hybridized carbons (Fsp3) is 0.233. The third-order valence-corrected chi connectivity index (χ3v) is 8.01. The van der Waals surface area contributed by atoms with Gasteiger partial charge >= 0.3 is 6.18 Å². The van der Waals surface area contributed by atoms with Crippen LogP contribution >= 0.6 is 11.8 Å². The minimum absolute atomic E-state index is 0.0273. The number of ether oxygens (including phenoxy) is 1. The van der Waals surface area contributed by atoms with Gasteiger partial charge < -0.3 is 10.5 Å². The lowest BCUT2D eigenvalue weighted by atomic mass is 9.75. The lowest BCUT2D eigenvalue weighted by Crippen LogP contribution is -2.39. The number of carbonyl (C=O) groups is 1. The van der Waals surface area contributed by atoms with Crippen LogP contribution in [0.15, 0.2) is 94.6 Å². The number of nitriles is 1. The second-order valence-corrected chi connectivity index (χ2v) is 10.4.